The summed E-state index contributed by atoms with van der Waals surface area (Å²) in [5, 5.41) is 5.03. The lowest BCUT2D eigenvalue weighted by Crippen LogP contribution is -2.29. The smallest absolute Gasteiger partial charge is 0.0454 e. The summed E-state index contributed by atoms with van der Waals surface area (Å²) >= 11 is 12.5. The van der Waals surface area contributed by atoms with Gasteiger partial charge < -0.3 is 5.32 Å². The summed E-state index contributed by atoms with van der Waals surface area (Å²) in [4.78, 5) is 0. The maximum absolute atomic E-state index is 6.35. The molecular weight excluding hydrogens is 277 g/mol. The molecule has 0 saturated heterocycles. The van der Waals surface area contributed by atoms with Gasteiger partial charge >= 0.3 is 0 Å². The van der Waals surface area contributed by atoms with Crippen molar-refractivity contribution >= 4 is 23.2 Å². The zero-order valence-electron chi connectivity index (χ0n) is 11.8. The van der Waals surface area contributed by atoms with Gasteiger partial charge in [0, 0.05) is 16.1 Å². The summed E-state index contributed by atoms with van der Waals surface area (Å²) in [5.74, 6) is 1.59. The van der Waals surface area contributed by atoms with Crippen LogP contribution in [0.5, 0.6) is 0 Å². The molecule has 1 aromatic rings. The predicted molar refractivity (Wildman–Crippen MR) is 84.0 cm³/mol. The van der Waals surface area contributed by atoms with Crippen molar-refractivity contribution in [3.63, 3.8) is 0 Å². The van der Waals surface area contributed by atoms with Crippen LogP contribution in [-0.2, 0) is 0 Å². The van der Waals surface area contributed by atoms with Crippen LogP contribution >= 0.6 is 23.2 Å². The highest BCUT2D eigenvalue weighted by atomic mass is 35.5. The summed E-state index contributed by atoms with van der Waals surface area (Å²) in [6.07, 6.45) is 6.57. The van der Waals surface area contributed by atoms with Crippen molar-refractivity contribution in [3.8, 4) is 0 Å². The minimum absolute atomic E-state index is 0.323. The Hall–Kier alpha value is -0.240. The highest BCUT2D eigenvalue weighted by molar-refractivity contribution is 6.33. The normalized spacial score (nSPS) is 25.3. The zero-order valence-corrected chi connectivity index (χ0v) is 13.3. The Bertz CT molecular complexity index is 411. The van der Waals surface area contributed by atoms with E-state index in [0.717, 1.165) is 21.5 Å². The van der Waals surface area contributed by atoms with Crippen LogP contribution in [0.15, 0.2) is 18.2 Å². The Morgan fingerprint density at radius 2 is 1.89 bits per heavy atom. The zero-order chi connectivity index (χ0) is 13.8. The van der Waals surface area contributed by atoms with Gasteiger partial charge in [0.1, 0.15) is 0 Å². The maximum Gasteiger partial charge on any atom is 0.0454 e. The number of rotatable bonds is 4. The highest BCUT2D eigenvalue weighted by Gasteiger charge is 2.28. The van der Waals surface area contributed by atoms with E-state index < -0.39 is 0 Å². The fraction of sp³-hybridized carbons (Fsp3) is 0.625. The van der Waals surface area contributed by atoms with Crippen LogP contribution in [-0.4, -0.2) is 7.05 Å². The third kappa shape index (κ3) is 3.65. The molecule has 2 rings (SSSR count). The van der Waals surface area contributed by atoms with Crippen molar-refractivity contribution in [2.45, 2.75) is 45.1 Å². The van der Waals surface area contributed by atoms with Gasteiger partial charge in [-0.1, -0.05) is 49.4 Å². The van der Waals surface area contributed by atoms with E-state index in [-0.39, 0.29) is 0 Å². The minimum Gasteiger partial charge on any atom is -0.313 e. The number of hydrogen-bond acceptors (Lipinski definition) is 1. The molecule has 0 amide bonds. The first-order valence-corrected chi connectivity index (χ1v) is 8.03. The molecule has 1 aromatic carbocycles. The van der Waals surface area contributed by atoms with E-state index in [1.165, 1.54) is 32.1 Å². The van der Waals surface area contributed by atoms with Crippen molar-refractivity contribution in [3.05, 3.63) is 33.8 Å². The van der Waals surface area contributed by atoms with Crippen molar-refractivity contribution in [1.82, 2.24) is 5.32 Å². The molecule has 3 heteroatoms. The van der Waals surface area contributed by atoms with Crippen LogP contribution in [0, 0.1) is 11.8 Å². The monoisotopic (exact) mass is 299 g/mol. The molecule has 19 heavy (non-hydrogen) atoms. The standard InChI is InChI=1S/C16H23Cl2N/c1-3-11-4-6-12(7-5-11)16(19-2)14-10-13(17)8-9-15(14)18/h8-12,16,19H,3-7H2,1-2H3. The van der Waals surface area contributed by atoms with Crippen molar-refractivity contribution in [2.75, 3.05) is 7.05 Å². The average Bonchev–Trinajstić information content (AvgIpc) is 2.44. The molecule has 1 aliphatic carbocycles. The van der Waals surface area contributed by atoms with E-state index >= 15 is 0 Å². The number of halogens is 2. The third-order valence-corrected chi connectivity index (χ3v) is 5.12. The van der Waals surface area contributed by atoms with E-state index in [0.29, 0.717) is 12.0 Å². The first-order chi connectivity index (χ1) is 9.15. The fourth-order valence-electron chi connectivity index (χ4n) is 3.33. The second-order valence-corrected chi connectivity index (χ2v) is 6.46. The summed E-state index contributed by atoms with van der Waals surface area (Å²) < 4.78 is 0. The Morgan fingerprint density at radius 3 is 2.47 bits per heavy atom. The molecule has 1 unspecified atom stereocenters. The molecule has 0 radical (unpaired) electrons. The van der Waals surface area contributed by atoms with Crippen molar-refractivity contribution in [1.29, 1.82) is 0 Å². The van der Waals surface area contributed by atoms with Crippen LogP contribution in [0.2, 0.25) is 10.0 Å². The third-order valence-electron chi connectivity index (χ3n) is 4.54. The van der Waals surface area contributed by atoms with Gasteiger partial charge in [-0.05, 0) is 55.5 Å². The molecule has 1 atom stereocenters. The van der Waals surface area contributed by atoms with Crippen LogP contribution in [0.4, 0.5) is 0 Å². The Labute approximate surface area is 126 Å². The van der Waals surface area contributed by atoms with E-state index in [1.54, 1.807) is 0 Å². The van der Waals surface area contributed by atoms with Gasteiger partial charge in [-0.15, -0.1) is 0 Å². The largest absolute Gasteiger partial charge is 0.313 e. The molecule has 0 aliphatic heterocycles. The minimum atomic E-state index is 0.323. The summed E-state index contributed by atoms with van der Waals surface area (Å²) in [7, 11) is 2.02. The van der Waals surface area contributed by atoms with E-state index in [4.69, 9.17) is 23.2 Å². The Morgan fingerprint density at radius 1 is 1.21 bits per heavy atom. The van der Waals surface area contributed by atoms with Gasteiger partial charge in [-0.2, -0.15) is 0 Å². The Balaban J connectivity index is 2.14. The first kappa shape index (κ1) is 15.2. The number of nitrogens with one attached hydrogen (secondary N) is 1. The number of hydrogen-bond donors (Lipinski definition) is 1. The van der Waals surface area contributed by atoms with E-state index in [2.05, 4.69) is 12.2 Å². The molecule has 106 valence electrons. The average molecular weight is 300 g/mol. The second kappa shape index (κ2) is 6.97. The lowest BCUT2D eigenvalue weighted by atomic mass is 9.76. The lowest BCUT2D eigenvalue weighted by molar-refractivity contribution is 0.224. The molecule has 1 nitrogen and oxygen atoms in total. The lowest BCUT2D eigenvalue weighted by Gasteiger charge is -2.34. The van der Waals surface area contributed by atoms with Gasteiger partial charge in [0.05, 0.1) is 0 Å². The first-order valence-electron chi connectivity index (χ1n) is 7.28. The molecule has 0 aromatic heterocycles. The summed E-state index contributed by atoms with van der Waals surface area (Å²) in [5.41, 5.74) is 1.15. The van der Waals surface area contributed by atoms with Gasteiger partial charge in [-0.3, -0.25) is 0 Å². The van der Waals surface area contributed by atoms with E-state index in [9.17, 15) is 0 Å². The van der Waals surface area contributed by atoms with Crippen LogP contribution in [0.1, 0.15) is 50.6 Å². The topological polar surface area (TPSA) is 12.0 Å². The fourth-order valence-corrected chi connectivity index (χ4v) is 3.74. The van der Waals surface area contributed by atoms with Crippen molar-refractivity contribution in [2.24, 2.45) is 11.8 Å². The van der Waals surface area contributed by atoms with Crippen LogP contribution in [0.3, 0.4) is 0 Å². The highest BCUT2D eigenvalue weighted by Crippen LogP contribution is 2.40. The molecule has 0 heterocycles. The second-order valence-electron chi connectivity index (χ2n) is 5.62. The summed E-state index contributed by atoms with van der Waals surface area (Å²) in [6, 6.07) is 6.09. The molecule has 1 aliphatic rings. The van der Waals surface area contributed by atoms with Gasteiger partial charge in [-0.25, -0.2) is 0 Å². The molecular formula is C16H23Cl2N. The van der Waals surface area contributed by atoms with Gasteiger partial charge in [0.2, 0.25) is 0 Å². The molecule has 0 spiro atoms. The van der Waals surface area contributed by atoms with Gasteiger partial charge in [0.15, 0.2) is 0 Å². The molecule has 1 N–H and O–H groups in total. The van der Waals surface area contributed by atoms with Gasteiger partial charge in [0.25, 0.3) is 0 Å². The van der Waals surface area contributed by atoms with Crippen molar-refractivity contribution < 1.29 is 0 Å². The quantitative estimate of drug-likeness (QED) is 0.777. The molecule has 1 fully saturated rings. The molecule has 0 bridgehead atoms. The predicted octanol–water partition coefficient (Wildman–Crippen LogP) is 5.47. The molecule has 1 saturated carbocycles. The summed E-state index contributed by atoms with van der Waals surface area (Å²) in [6.45, 7) is 2.30. The van der Waals surface area contributed by atoms with Crippen LogP contribution < -0.4 is 5.32 Å². The number of benzene rings is 1. The SMILES string of the molecule is CCC1CCC(C(NC)c2cc(Cl)ccc2Cl)CC1. The van der Waals surface area contributed by atoms with Crippen LogP contribution in [0.25, 0.3) is 0 Å². The maximum atomic E-state index is 6.35. The Kier molecular flexibility index (Phi) is 5.56. The van der Waals surface area contributed by atoms with E-state index in [1.807, 2.05) is 25.2 Å².